The van der Waals surface area contributed by atoms with Crippen molar-refractivity contribution in [1.82, 2.24) is 14.9 Å². The molecule has 0 fully saturated rings. The van der Waals surface area contributed by atoms with Crippen molar-refractivity contribution in [2.75, 3.05) is 6.54 Å². The smallest absolute Gasteiger partial charge is 0.126 e. The van der Waals surface area contributed by atoms with Gasteiger partial charge in [-0.05, 0) is 43.4 Å². The van der Waals surface area contributed by atoms with Crippen LogP contribution in [0.5, 0.6) is 0 Å². The van der Waals surface area contributed by atoms with Gasteiger partial charge in [0, 0.05) is 7.05 Å². The zero-order valence-corrected chi connectivity index (χ0v) is 14.2. The summed E-state index contributed by atoms with van der Waals surface area (Å²) in [5.74, 6) is 3.21. The van der Waals surface area contributed by atoms with E-state index in [4.69, 9.17) is 4.98 Å². The largest absolute Gasteiger partial charge is 0.330 e. The van der Waals surface area contributed by atoms with E-state index in [1.807, 2.05) is 6.07 Å². The van der Waals surface area contributed by atoms with Crippen molar-refractivity contribution in [3.63, 3.8) is 0 Å². The highest BCUT2D eigenvalue weighted by molar-refractivity contribution is 5.75. The van der Waals surface area contributed by atoms with E-state index >= 15 is 0 Å². The summed E-state index contributed by atoms with van der Waals surface area (Å²) in [5, 5.41) is 3.68. The zero-order chi connectivity index (χ0) is 15.6. The Hall–Kier alpha value is -1.35. The Morgan fingerprint density at radius 1 is 1.05 bits per heavy atom. The van der Waals surface area contributed by atoms with Crippen molar-refractivity contribution in [3.05, 3.63) is 30.1 Å². The summed E-state index contributed by atoms with van der Waals surface area (Å²) in [7, 11) is 2.10. The lowest BCUT2D eigenvalue weighted by atomic mass is 9.85. The lowest BCUT2D eigenvalue weighted by Crippen LogP contribution is -2.32. The number of imidazole rings is 1. The Labute approximate surface area is 128 Å². The summed E-state index contributed by atoms with van der Waals surface area (Å²) in [6.07, 6.45) is 0. The first-order valence-electron chi connectivity index (χ1n) is 8.06. The maximum absolute atomic E-state index is 4.78. The van der Waals surface area contributed by atoms with Gasteiger partial charge < -0.3 is 9.88 Å². The van der Waals surface area contributed by atoms with E-state index in [-0.39, 0.29) is 6.04 Å². The predicted octanol–water partition coefficient (Wildman–Crippen LogP) is 4.15. The minimum Gasteiger partial charge on any atom is -0.330 e. The maximum Gasteiger partial charge on any atom is 0.126 e. The third kappa shape index (κ3) is 3.46. The Morgan fingerprint density at radius 2 is 1.67 bits per heavy atom. The molecule has 1 aromatic carbocycles. The molecule has 3 heteroatoms. The minimum absolute atomic E-state index is 0.266. The Balaban J connectivity index is 2.12. The molecule has 0 saturated heterocycles. The Bertz CT molecular complexity index is 575. The summed E-state index contributed by atoms with van der Waals surface area (Å²) >= 11 is 0. The molecule has 0 bridgehead atoms. The number of hydrogen-bond acceptors (Lipinski definition) is 2. The quantitative estimate of drug-likeness (QED) is 0.865. The molecule has 116 valence electrons. The third-order valence-electron chi connectivity index (χ3n) is 4.58. The predicted molar refractivity (Wildman–Crippen MR) is 90.3 cm³/mol. The average Bonchev–Trinajstić information content (AvgIpc) is 2.76. The highest BCUT2D eigenvalue weighted by Crippen LogP contribution is 2.22. The second kappa shape index (κ2) is 6.61. The standard InChI is InChI=1S/C18H29N3/c1-12(2)15(13(3)4)11-19-14(5)18-20-16-9-7-8-10-17(16)21(18)6/h7-10,12-15,19H,11H2,1-6H3. The van der Waals surface area contributed by atoms with E-state index in [1.54, 1.807) is 0 Å². The van der Waals surface area contributed by atoms with E-state index in [0.29, 0.717) is 17.8 Å². The first-order chi connectivity index (χ1) is 9.91. The molecule has 0 amide bonds. The number of aromatic nitrogens is 2. The van der Waals surface area contributed by atoms with E-state index in [0.717, 1.165) is 17.9 Å². The number of para-hydroxylation sites is 2. The summed E-state index contributed by atoms with van der Waals surface area (Å²) in [6.45, 7) is 12.5. The van der Waals surface area contributed by atoms with E-state index in [2.05, 4.69) is 69.7 Å². The van der Waals surface area contributed by atoms with Crippen LogP contribution in [0.3, 0.4) is 0 Å². The molecule has 1 aromatic heterocycles. The van der Waals surface area contributed by atoms with Crippen LogP contribution >= 0.6 is 0 Å². The monoisotopic (exact) mass is 287 g/mol. The van der Waals surface area contributed by atoms with Crippen LogP contribution in [0.1, 0.15) is 46.5 Å². The molecule has 1 unspecified atom stereocenters. The van der Waals surface area contributed by atoms with Gasteiger partial charge in [-0.25, -0.2) is 4.98 Å². The van der Waals surface area contributed by atoms with Crippen LogP contribution in [0, 0.1) is 17.8 Å². The molecule has 1 N–H and O–H groups in total. The highest BCUT2D eigenvalue weighted by Gasteiger charge is 2.20. The molecule has 0 aliphatic rings. The van der Waals surface area contributed by atoms with Crippen molar-refractivity contribution in [3.8, 4) is 0 Å². The molecule has 2 aromatic rings. The topological polar surface area (TPSA) is 29.9 Å². The van der Waals surface area contributed by atoms with Gasteiger partial charge >= 0.3 is 0 Å². The van der Waals surface area contributed by atoms with Crippen LogP contribution in [0.2, 0.25) is 0 Å². The molecule has 0 saturated carbocycles. The first-order valence-corrected chi connectivity index (χ1v) is 8.06. The van der Waals surface area contributed by atoms with E-state index in [1.165, 1.54) is 5.52 Å². The number of rotatable bonds is 6. The van der Waals surface area contributed by atoms with Gasteiger partial charge in [-0.2, -0.15) is 0 Å². The van der Waals surface area contributed by atoms with Crippen LogP contribution in [0.4, 0.5) is 0 Å². The van der Waals surface area contributed by atoms with Crippen LogP contribution in [0.15, 0.2) is 24.3 Å². The van der Waals surface area contributed by atoms with Crippen LogP contribution < -0.4 is 5.32 Å². The second-order valence-electron chi connectivity index (χ2n) is 6.80. The fourth-order valence-corrected chi connectivity index (χ4v) is 3.20. The molecule has 21 heavy (non-hydrogen) atoms. The molecule has 0 radical (unpaired) electrons. The zero-order valence-electron chi connectivity index (χ0n) is 14.2. The van der Waals surface area contributed by atoms with Crippen LogP contribution in [0.25, 0.3) is 11.0 Å². The first kappa shape index (κ1) is 16.0. The van der Waals surface area contributed by atoms with Gasteiger partial charge in [0.2, 0.25) is 0 Å². The fourth-order valence-electron chi connectivity index (χ4n) is 3.20. The van der Waals surface area contributed by atoms with Crippen molar-refractivity contribution < 1.29 is 0 Å². The molecule has 2 rings (SSSR count). The third-order valence-corrected chi connectivity index (χ3v) is 4.58. The number of nitrogens with zero attached hydrogens (tertiary/aromatic N) is 2. The molecule has 3 nitrogen and oxygen atoms in total. The SMILES string of the molecule is CC(NCC(C(C)C)C(C)C)c1nc2ccccc2n1C. The number of hydrogen-bond donors (Lipinski definition) is 1. The van der Waals surface area contributed by atoms with Gasteiger partial charge in [0.05, 0.1) is 17.1 Å². The van der Waals surface area contributed by atoms with Crippen molar-refractivity contribution in [1.29, 1.82) is 0 Å². The van der Waals surface area contributed by atoms with E-state index in [9.17, 15) is 0 Å². The molecular weight excluding hydrogens is 258 g/mol. The molecular formula is C18H29N3. The molecule has 1 atom stereocenters. The Morgan fingerprint density at radius 3 is 2.24 bits per heavy atom. The van der Waals surface area contributed by atoms with Gasteiger partial charge in [0.25, 0.3) is 0 Å². The summed E-state index contributed by atoms with van der Waals surface area (Å²) < 4.78 is 2.20. The minimum atomic E-state index is 0.266. The van der Waals surface area contributed by atoms with Gasteiger partial charge in [-0.15, -0.1) is 0 Å². The fraction of sp³-hybridized carbons (Fsp3) is 0.611. The summed E-state index contributed by atoms with van der Waals surface area (Å²) in [5.41, 5.74) is 2.28. The number of nitrogens with one attached hydrogen (secondary N) is 1. The number of benzene rings is 1. The van der Waals surface area contributed by atoms with Gasteiger partial charge in [-0.1, -0.05) is 39.8 Å². The molecule has 0 spiro atoms. The Kier molecular flexibility index (Phi) is 5.04. The summed E-state index contributed by atoms with van der Waals surface area (Å²) in [4.78, 5) is 4.78. The van der Waals surface area contributed by atoms with Crippen LogP contribution in [-0.4, -0.2) is 16.1 Å². The molecule has 0 aliphatic heterocycles. The van der Waals surface area contributed by atoms with Crippen molar-refractivity contribution in [2.24, 2.45) is 24.8 Å². The van der Waals surface area contributed by atoms with E-state index < -0.39 is 0 Å². The lowest BCUT2D eigenvalue weighted by molar-refractivity contribution is 0.266. The van der Waals surface area contributed by atoms with Gasteiger partial charge in [0.1, 0.15) is 5.82 Å². The normalized spacial score (nSPS) is 13.8. The molecule has 0 aliphatic carbocycles. The molecule has 1 heterocycles. The average molecular weight is 287 g/mol. The number of fused-ring (bicyclic) bond motifs is 1. The van der Waals surface area contributed by atoms with Gasteiger partial charge in [0.15, 0.2) is 0 Å². The van der Waals surface area contributed by atoms with Crippen molar-refractivity contribution >= 4 is 11.0 Å². The highest BCUT2D eigenvalue weighted by atomic mass is 15.1. The van der Waals surface area contributed by atoms with Crippen LogP contribution in [-0.2, 0) is 7.05 Å². The second-order valence-corrected chi connectivity index (χ2v) is 6.80. The maximum atomic E-state index is 4.78. The van der Waals surface area contributed by atoms with Gasteiger partial charge in [-0.3, -0.25) is 0 Å². The van der Waals surface area contributed by atoms with Crippen molar-refractivity contribution in [2.45, 2.75) is 40.7 Å². The lowest BCUT2D eigenvalue weighted by Gasteiger charge is -2.27. The number of aryl methyl sites for hydroxylation is 1. The summed E-state index contributed by atoms with van der Waals surface area (Å²) in [6, 6.07) is 8.59.